The second kappa shape index (κ2) is 5.72. The Morgan fingerprint density at radius 1 is 1.33 bits per heavy atom. The summed E-state index contributed by atoms with van der Waals surface area (Å²) in [6.45, 7) is 8.63. The molecule has 0 radical (unpaired) electrons. The molecule has 0 aliphatic heterocycles. The van der Waals surface area contributed by atoms with Crippen LogP contribution in [-0.4, -0.2) is 25.9 Å². The Hall–Kier alpha value is -1.06. The van der Waals surface area contributed by atoms with Crippen LogP contribution in [-0.2, 0) is 5.41 Å². The Labute approximate surface area is 110 Å². The molecule has 0 saturated heterocycles. The third-order valence-corrected chi connectivity index (χ3v) is 3.18. The monoisotopic (exact) mass is 251 g/mol. The van der Waals surface area contributed by atoms with Crippen molar-refractivity contribution in [3.63, 3.8) is 0 Å². The highest BCUT2D eigenvalue weighted by molar-refractivity contribution is 5.49. The van der Waals surface area contributed by atoms with E-state index in [1.807, 2.05) is 7.05 Å². The Morgan fingerprint density at radius 3 is 2.33 bits per heavy atom. The van der Waals surface area contributed by atoms with E-state index in [4.69, 9.17) is 4.74 Å². The number of hydrogen-bond donors (Lipinski definition) is 2. The number of nitrogens with one attached hydrogen (secondary N) is 1. The van der Waals surface area contributed by atoms with E-state index in [1.54, 1.807) is 7.11 Å². The summed E-state index contributed by atoms with van der Waals surface area (Å²) in [6.07, 6.45) is 0. The van der Waals surface area contributed by atoms with E-state index >= 15 is 0 Å². The van der Waals surface area contributed by atoms with Crippen molar-refractivity contribution in [1.82, 2.24) is 5.32 Å². The highest BCUT2D eigenvalue weighted by Crippen LogP contribution is 2.37. The average molecular weight is 251 g/mol. The minimum Gasteiger partial charge on any atom is -0.496 e. The van der Waals surface area contributed by atoms with E-state index in [1.165, 1.54) is 11.1 Å². The predicted octanol–water partition coefficient (Wildman–Crippen LogP) is 2.55. The Morgan fingerprint density at radius 2 is 1.94 bits per heavy atom. The number of benzene rings is 1. The Kier molecular flexibility index (Phi) is 4.77. The summed E-state index contributed by atoms with van der Waals surface area (Å²) in [5.41, 5.74) is 3.39. The molecular formula is C15H25NO2. The number of rotatable bonds is 4. The number of aliphatic hydroxyl groups is 1. The largest absolute Gasteiger partial charge is 0.496 e. The molecule has 1 aromatic carbocycles. The third kappa shape index (κ3) is 3.03. The van der Waals surface area contributed by atoms with Crippen LogP contribution in [0.2, 0.25) is 0 Å². The molecule has 0 heterocycles. The van der Waals surface area contributed by atoms with E-state index in [0.717, 1.165) is 11.3 Å². The van der Waals surface area contributed by atoms with Gasteiger partial charge in [0.1, 0.15) is 5.75 Å². The van der Waals surface area contributed by atoms with Crippen LogP contribution >= 0.6 is 0 Å². The van der Waals surface area contributed by atoms with E-state index in [2.05, 4.69) is 45.1 Å². The van der Waals surface area contributed by atoms with Gasteiger partial charge in [0.05, 0.1) is 19.8 Å². The van der Waals surface area contributed by atoms with Crippen LogP contribution < -0.4 is 10.1 Å². The van der Waals surface area contributed by atoms with Gasteiger partial charge in [-0.1, -0.05) is 38.5 Å². The maximum atomic E-state index is 9.47. The average Bonchev–Trinajstić information content (AvgIpc) is 2.29. The van der Waals surface area contributed by atoms with Gasteiger partial charge in [-0.05, 0) is 19.4 Å². The zero-order valence-corrected chi connectivity index (χ0v) is 12.3. The summed E-state index contributed by atoms with van der Waals surface area (Å²) in [7, 11) is 3.53. The molecule has 1 aromatic rings. The maximum Gasteiger partial charge on any atom is 0.127 e. The van der Waals surface area contributed by atoms with Crippen molar-refractivity contribution in [3.8, 4) is 5.75 Å². The lowest BCUT2D eigenvalue weighted by atomic mass is 9.83. The fraction of sp³-hybridized carbons (Fsp3) is 0.600. The van der Waals surface area contributed by atoms with Crippen LogP contribution in [0.1, 0.15) is 43.5 Å². The number of aliphatic hydroxyl groups excluding tert-OH is 1. The van der Waals surface area contributed by atoms with Gasteiger partial charge in [0.25, 0.3) is 0 Å². The first kappa shape index (κ1) is 15.0. The lowest BCUT2D eigenvalue weighted by molar-refractivity contribution is 0.247. The number of likely N-dealkylation sites (N-methyl/N-ethyl adjacent to an activating group) is 1. The first-order valence-electron chi connectivity index (χ1n) is 6.32. The third-order valence-electron chi connectivity index (χ3n) is 3.18. The molecule has 0 aliphatic rings. The van der Waals surface area contributed by atoms with Crippen molar-refractivity contribution < 1.29 is 9.84 Å². The first-order chi connectivity index (χ1) is 8.35. The fourth-order valence-corrected chi connectivity index (χ4v) is 2.19. The molecule has 0 spiro atoms. The van der Waals surface area contributed by atoms with Gasteiger partial charge in [-0.25, -0.2) is 0 Å². The number of ether oxygens (including phenoxy) is 1. The fourth-order valence-electron chi connectivity index (χ4n) is 2.19. The second-order valence-electron chi connectivity index (χ2n) is 5.71. The van der Waals surface area contributed by atoms with E-state index < -0.39 is 0 Å². The molecule has 18 heavy (non-hydrogen) atoms. The van der Waals surface area contributed by atoms with Crippen molar-refractivity contribution in [2.75, 3.05) is 20.8 Å². The zero-order valence-electron chi connectivity index (χ0n) is 12.3. The van der Waals surface area contributed by atoms with Gasteiger partial charge in [-0.15, -0.1) is 0 Å². The molecule has 0 saturated carbocycles. The van der Waals surface area contributed by atoms with Crippen LogP contribution in [0.3, 0.4) is 0 Å². The standard InChI is InChI=1S/C15H25NO2/c1-10-7-11(13(9-17)16-5)14(18-6)12(8-10)15(2,3)4/h7-8,13,16-17H,9H2,1-6H3. The summed E-state index contributed by atoms with van der Waals surface area (Å²) < 4.78 is 5.59. The zero-order chi connectivity index (χ0) is 13.9. The molecule has 2 N–H and O–H groups in total. The quantitative estimate of drug-likeness (QED) is 0.864. The topological polar surface area (TPSA) is 41.5 Å². The van der Waals surface area contributed by atoms with Crippen LogP contribution in [0.5, 0.6) is 5.75 Å². The summed E-state index contributed by atoms with van der Waals surface area (Å²) in [5, 5.41) is 12.6. The van der Waals surface area contributed by atoms with Crippen LogP contribution in [0.25, 0.3) is 0 Å². The van der Waals surface area contributed by atoms with Crippen molar-refractivity contribution in [2.45, 2.75) is 39.2 Å². The lowest BCUT2D eigenvalue weighted by Crippen LogP contribution is -2.23. The Bertz CT molecular complexity index is 404. The van der Waals surface area contributed by atoms with Gasteiger partial charge in [-0.3, -0.25) is 0 Å². The van der Waals surface area contributed by atoms with Gasteiger partial charge in [0.2, 0.25) is 0 Å². The second-order valence-corrected chi connectivity index (χ2v) is 5.71. The molecule has 0 aromatic heterocycles. The number of aryl methyl sites for hydroxylation is 1. The molecule has 0 aliphatic carbocycles. The normalized spacial score (nSPS) is 13.5. The van der Waals surface area contributed by atoms with Gasteiger partial charge >= 0.3 is 0 Å². The minimum absolute atomic E-state index is 0.0138. The van der Waals surface area contributed by atoms with Gasteiger partial charge in [-0.2, -0.15) is 0 Å². The Balaban J connectivity index is 3.47. The molecule has 102 valence electrons. The SMILES string of the molecule is CNC(CO)c1cc(C)cc(C(C)(C)C)c1OC. The highest BCUT2D eigenvalue weighted by Gasteiger charge is 2.24. The van der Waals surface area contributed by atoms with E-state index in [-0.39, 0.29) is 18.1 Å². The molecule has 0 amide bonds. The van der Waals surface area contributed by atoms with Crippen molar-refractivity contribution in [3.05, 3.63) is 28.8 Å². The van der Waals surface area contributed by atoms with Gasteiger partial charge in [0, 0.05) is 11.1 Å². The van der Waals surface area contributed by atoms with Gasteiger partial charge in [0.15, 0.2) is 0 Å². The van der Waals surface area contributed by atoms with Crippen LogP contribution in [0, 0.1) is 6.92 Å². The molecule has 1 rings (SSSR count). The maximum absolute atomic E-state index is 9.47. The number of hydrogen-bond acceptors (Lipinski definition) is 3. The lowest BCUT2D eigenvalue weighted by Gasteiger charge is -2.27. The van der Waals surface area contributed by atoms with Crippen LogP contribution in [0.15, 0.2) is 12.1 Å². The summed E-state index contributed by atoms with van der Waals surface area (Å²) in [6, 6.07) is 4.14. The smallest absolute Gasteiger partial charge is 0.127 e. The molecule has 0 fully saturated rings. The number of methoxy groups -OCH3 is 1. The van der Waals surface area contributed by atoms with Crippen molar-refractivity contribution in [1.29, 1.82) is 0 Å². The molecule has 1 atom stereocenters. The van der Waals surface area contributed by atoms with E-state index in [9.17, 15) is 5.11 Å². The highest BCUT2D eigenvalue weighted by atomic mass is 16.5. The predicted molar refractivity (Wildman–Crippen MR) is 75.3 cm³/mol. The van der Waals surface area contributed by atoms with Crippen molar-refractivity contribution in [2.24, 2.45) is 0 Å². The molecule has 3 nitrogen and oxygen atoms in total. The van der Waals surface area contributed by atoms with Crippen LogP contribution in [0.4, 0.5) is 0 Å². The molecule has 1 unspecified atom stereocenters. The molecular weight excluding hydrogens is 226 g/mol. The summed E-state index contributed by atoms with van der Waals surface area (Å²) >= 11 is 0. The summed E-state index contributed by atoms with van der Waals surface area (Å²) in [5.74, 6) is 0.876. The van der Waals surface area contributed by atoms with Gasteiger partial charge < -0.3 is 15.2 Å². The molecule has 0 bridgehead atoms. The molecule has 3 heteroatoms. The summed E-state index contributed by atoms with van der Waals surface area (Å²) in [4.78, 5) is 0. The van der Waals surface area contributed by atoms with Crippen molar-refractivity contribution >= 4 is 0 Å². The minimum atomic E-state index is -0.0963. The van der Waals surface area contributed by atoms with E-state index in [0.29, 0.717) is 0 Å². The first-order valence-corrected chi connectivity index (χ1v) is 6.32.